The van der Waals surface area contributed by atoms with Crippen molar-refractivity contribution < 1.29 is 56.8 Å². The minimum absolute atomic E-state index is 0.144. The number of carbonyl (C=O) groups excluding carboxylic acids is 2. The van der Waals surface area contributed by atoms with Crippen molar-refractivity contribution in [2.45, 2.75) is 198 Å². The molecule has 1 heterocycles. The minimum Gasteiger partial charge on any atom is -0.462 e. The van der Waals surface area contributed by atoms with Crippen molar-refractivity contribution >= 4 is 22.1 Å². The number of unbranched alkanes of at least 4 members (excludes halogenated alkanes) is 14. The van der Waals surface area contributed by atoms with E-state index in [4.69, 9.17) is 18.9 Å². The van der Waals surface area contributed by atoms with Gasteiger partial charge in [0.1, 0.15) is 36.8 Å². The van der Waals surface area contributed by atoms with Crippen LogP contribution in [0.1, 0.15) is 162 Å². The average molecular weight is 855 g/mol. The Kier molecular flexibility index (Phi) is 33.2. The zero-order valence-electron chi connectivity index (χ0n) is 36.1. The van der Waals surface area contributed by atoms with E-state index in [-0.39, 0.29) is 19.4 Å². The smallest absolute Gasteiger partial charge is 0.306 e. The summed E-state index contributed by atoms with van der Waals surface area (Å²) in [4.78, 5) is 25.4. The van der Waals surface area contributed by atoms with Gasteiger partial charge in [-0.2, -0.15) is 8.42 Å². The average Bonchev–Trinajstić information content (AvgIpc) is 3.20. The molecule has 6 unspecified atom stereocenters. The van der Waals surface area contributed by atoms with Crippen molar-refractivity contribution in [3.05, 3.63) is 60.8 Å². The van der Waals surface area contributed by atoms with Crippen molar-refractivity contribution in [2.24, 2.45) is 0 Å². The summed E-state index contributed by atoms with van der Waals surface area (Å²) in [6.45, 7) is 3.59. The second-order valence-electron chi connectivity index (χ2n) is 15.3. The molecule has 0 aliphatic carbocycles. The highest BCUT2D eigenvalue weighted by atomic mass is 32.2. The number of carbonyl (C=O) groups is 2. The van der Waals surface area contributed by atoms with Gasteiger partial charge in [0.2, 0.25) is 0 Å². The van der Waals surface area contributed by atoms with Crippen LogP contribution < -0.4 is 0 Å². The largest absolute Gasteiger partial charge is 0.462 e. The third-order valence-corrected chi connectivity index (χ3v) is 10.6. The van der Waals surface area contributed by atoms with Crippen LogP contribution in [0.15, 0.2) is 60.8 Å². The molecule has 4 N–H and O–H groups in total. The molecular weight excluding hydrogens is 777 g/mol. The van der Waals surface area contributed by atoms with E-state index in [0.29, 0.717) is 12.8 Å². The van der Waals surface area contributed by atoms with Crippen LogP contribution in [0.3, 0.4) is 0 Å². The third-order valence-electron chi connectivity index (χ3n) is 9.83. The number of allylic oxidation sites excluding steroid dienone is 10. The number of ether oxygens (including phenoxy) is 4. The first-order valence-corrected chi connectivity index (χ1v) is 24.0. The monoisotopic (exact) mass is 855 g/mol. The fourth-order valence-corrected chi connectivity index (χ4v) is 7.06. The highest BCUT2D eigenvalue weighted by molar-refractivity contribution is 7.85. The lowest BCUT2D eigenvalue weighted by atomic mass is 10.00. The van der Waals surface area contributed by atoms with E-state index in [1.54, 1.807) is 0 Å². The van der Waals surface area contributed by atoms with Gasteiger partial charge in [-0.15, -0.1) is 0 Å². The molecule has 0 aromatic carbocycles. The Morgan fingerprint density at radius 1 is 0.593 bits per heavy atom. The first kappa shape index (κ1) is 54.4. The summed E-state index contributed by atoms with van der Waals surface area (Å²) in [5.41, 5.74) is 0. The topological polar surface area (TPSA) is 186 Å². The van der Waals surface area contributed by atoms with Gasteiger partial charge in [-0.25, -0.2) is 0 Å². The lowest BCUT2D eigenvalue weighted by Gasteiger charge is -2.40. The number of hydrogen-bond acceptors (Lipinski definition) is 11. The van der Waals surface area contributed by atoms with Crippen LogP contribution in [0.5, 0.6) is 0 Å². The van der Waals surface area contributed by atoms with Gasteiger partial charge in [-0.05, 0) is 77.0 Å². The molecule has 1 saturated heterocycles. The van der Waals surface area contributed by atoms with Crippen LogP contribution in [0.4, 0.5) is 0 Å². The van der Waals surface area contributed by atoms with E-state index < -0.39 is 71.2 Å². The summed E-state index contributed by atoms with van der Waals surface area (Å²) in [6, 6.07) is 0. The molecule has 0 spiro atoms. The molecule has 0 aromatic heterocycles. The molecule has 0 saturated carbocycles. The molecule has 59 heavy (non-hydrogen) atoms. The van der Waals surface area contributed by atoms with Gasteiger partial charge in [0.05, 0.1) is 6.61 Å². The number of esters is 2. The number of rotatable bonds is 36. The summed E-state index contributed by atoms with van der Waals surface area (Å²) >= 11 is 0. The summed E-state index contributed by atoms with van der Waals surface area (Å²) in [6.07, 6.45) is 34.1. The van der Waals surface area contributed by atoms with Gasteiger partial charge in [0.25, 0.3) is 10.1 Å². The van der Waals surface area contributed by atoms with Crippen LogP contribution in [0, 0.1) is 0 Å². The van der Waals surface area contributed by atoms with Gasteiger partial charge < -0.3 is 34.3 Å². The van der Waals surface area contributed by atoms with Gasteiger partial charge in [0, 0.05) is 12.8 Å². The minimum atomic E-state index is -4.61. The first-order chi connectivity index (χ1) is 28.5. The van der Waals surface area contributed by atoms with E-state index in [1.165, 1.54) is 19.3 Å². The summed E-state index contributed by atoms with van der Waals surface area (Å²) in [5, 5.41) is 30.9. The van der Waals surface area contributed by atoms with E-state index in [0.717, 1.165) is 103 Å². The number of aliphatic hydroxyl groups excluding tert-OH is 3. The second-order valence-corrected chi connectivity index (χ2v) is 16.8. The van der Waals surface area contributed by atoms with Gasteiger partial charge >= 0.3 is 11.9 Å². The number of hydrogen-bond donors (Lipinski definition) is 4. The Balaban J connectivity index is 2.46. The Bertz CT molecular complexity index is 1320. The summed E-state index contributed by atoms with van der Waals surface area (Å²) in [7, 11) is -4.61. The molecule has 1 fully saturated rings. The normalized spacial score (nSPS) is 20.8. The van der Waals surface area contributed by atoms with Crippen molar-refractivity contribution in [2.75, 3.05) is 19.0 Å². The lowest BCUT2D eigenvalue weighted by Crippen LogP contribution is -2.60. The molecular formula is C46H78O12S. The zero-order valence-corrected chi connectivity index (χ0v) is 36.9. The first-order valence-electron chi connectivity index (χ1n) is 22.3. The van der Waals surface area contributed by atoms with Crippen LogP contribution >= 0.6 is 0 Å². The molecule has 13 heteroatoms. The van der Waals surface area contributed by atoms with Crippen LogP contribution in [-0.2, 0) is 38.7 Å². The highest BCUT2D eigenvalue weighted by Crippen LogP contribution is 2.24. The fourth-order valence-electron chi connectivity index (χ4n) is 6.37. The molecule has 1 rings (SSSR count). The van der Waals surface area contributed by atoms with Crippen molar-refractivity contribution in [1.82, 2.24) is 0 Å². The summed E-state index contributed by atoms with van der Waals surface area (Å²) in [5.74, 6) is -2.02. The molecule has 0 radical (unpaired) electrons. The van der Waals surface area contributed by atoms with Crippen molar-refractivity contribution in [3.8, 4) is 0 Å². The second kappa shape index (κ2) is 36.0. The lowest BCUT2D eigenvalue weighted by molar-refractivity contribution is -0.297. The van der Waals surface area contributed by atoms with E-state index in [2.05, 4.69) is 74.6 Å². The number of aliphatic hydroxyl groups is 3. The van der Waals surface area contributed by atoms with E-state index >= 15 is 0 Å². The Morgan fingerprint density at radius 2 is 1.07 bits per heavy atom. The molecule has 12 nitrogen and oxygen atoms in total. The highest BCUT2D eigenvalue weighted by Gasteiger charge is 2.46. The van der Waals surface area contributed by atoms with Crippen LogP contribution in [0.2, 0.25) is 0 Å². The molecule has 0 bridgehead atoms. The molecule has 0 aromatic rings. The van der Waals surface area contributed by atoms with Gasteiger partial charge in [-0.1, -0.05) is 132 Å². The Labute approximate surface area is 355 Å². The van der Waals surface area contributed by atoms with Crippen molar-refractivity contribution in [1.29, 1.82) is 0 Å². The molecule has 6 atom stereocenters. The maximum absolute atomic E-state index is 12.8. The predicted octanol–water partition coefficient (Wildman–Crippen LogP) is 8.95. The molecule has 340 valence electrons. The maximum atomic E-state index is 12.8. The molecule has 1 aliphatic heterocycles. The Hall–Kier alpha value is -2.65. The Morgan fingerprint density at radius 3 is 1.61 bits per heavy atom. The molecule has 0 amide bonds. The maximum Gasteiger partial charge on any atom is 0.306 e. The summed E-state index contributed by atoms with van der Waals surface area (Å²) < 4.78 is 54.0. The quantitative estimate of drug-likeness (QED) is 0.0203. The fraction of sp³-hybridized carbons (Fsp3) is 0.739. The van der Waals surface area contributed by atoms with Crippen LogP contribution in [-0.4, -0.2) is 96.0 Å². The van der Waals surface area contributed by atoms with Gasteiger partial charge in [-0.3, -0.25) is 14.1 Å². The van der Waals surface area contributed by atoms with E-state index in [1.807, 2.05) is 0 Å². The van der Waals surface area contributed by atoms with E-state index in [9.17, 15) is 37.9 Å². The predicted molar refractivity (Wildman–Crippen MR) is 233 cm³/mol. The zero-order chi connectivity index (χ0) is 43.4. The third kappa shape index (κ3) is 30.9. The van der Waals surface area contributed by atoms with Crippen LogP contribution in [0.25, 0.3) is 0 Å². The molecule has 1 aliphatic rings. The van der Waals surface area contributed by atoms with Crippen molar-refractivity contribution in [3.63, 3.8) is 0 Å². The SMILES string of the molecule is CC/C=C\C/C=C\C/C=C\C/C=C\CCCCCCCCC(=O)OC(COC(=O)CCCCCCC/C=C\CCCCC)COC1OC(CS(=O)(=O)O)C(O)C(O)C1O. The van der Waals surface area contributed by atoms with Gasteiger partial charge in [0.15, 0.2) is 12.4 Å². The standard InChI is InChI=1S/C46H78O12S/c1-3-5-7-9-11-13-15-17-18-19-20-21-22-23-25-27-29-31-33-35-42(48)57-39(37-56-46-45(51)44(50)43(49)40(58-46)38-59(52,53)54)36-55-41(47)34-32-30-28-26-24-16-14-12-10-8-6-4-2/h5,7,11-14,17-18,20-21,39-40,43-46,49-51H,3-4,6,8-10,15-16,19,22-38H2,1-2H3,(H,52,53,54)/b7-5-,13-11-,14-12-,18-17-,21-20-.